The average molecular weight is 325 g/mol. The Labute approximate surface area is 105 Å². The molecule has 0 spiro atoms. The van der Waals surface area contributed by atoms with Crippen LogP contribution in [0.15, 0.2) is 0 Å². The number of alkyl halides is 1. The van der Waals surface area contributed by atoms with Gasteiger partial charge in [-0.1, -0.05) is 29.5 Å². The van der Waals surface area contributed by atoms with Gasteiger partial charge in [0, 0.05) is 18.5 Å². The van der Waals surface area contributed by atoms with Gasteiger partial charge in [-0.25, -0.2) is 4.79 Å². The molecule has 2 unspecified atom stereocenters. The number of rotatable bonds is 3. The fourth-order valence-corrected chi connectivity index (χ4v) is 2.71. The van der Waals surface area contributed by atoms with E-state index in [1.807, 2.05) is 11.9 Å². The van der Waals surface area contributed by atoms with Crippen molar-refractivity contribution in [2.24, 2.45) is 11.7 Å². The second-order valence-corrected chi connectivity index (χ2v) is 5.49. The molecule has 3 atom stereocenters. The van der Waals surface area contributed by atoms with E-state index in [-0.39, 0.29) is 6.03 Å². The number of likely N-dealkylation sites (tertiary alicyclic amines) is 1. The van der Waals surface area contributed by atoms with Crippen molar-refractivity contribution < 1.29 is 4.79 Å². The van der Waals surface area contributed by atoms with Crippen LogP contribution < -0.4 is 11.1 Å². The van der Waals surface area contributed by atoms with E-state index in [9.17, 15) is 4.79 Å². The van der Waals surface area contributed by atoms with Gasteiger partial charge in [0.05, 0.1) is 4.05 Å². The van der Waals surface area contributed by atoms with Gasteiger partial charge in [0.25, 0.3) is 0 Å². The maximum Gasteiger partial charge on any atom is 0.315 e. The van der Waals surface area contributed by atoms with Gasteiger partial charge in [-0.2, -0.15) is 0 Å². The molecule has 1 fully saturated rings. The third kappa shape index (κ3) is 3.21. The normalized spacial score (nSPS) is 26.1. The number of hydrogen-bond acceptors (Lipinski definition) is 2. The van der Waals surface area contributed by atoms with E-state index in [1.165, 1.54) is 6.42 Å². The summed E-state index contributed by atoms with van der Waals surface area (Å²) in [5, 5.41) is 3.23. The molecule has 0 aromatic heterocycles. The summed E-state index contributed by atoms with van der Waals surface area (Å²) in [7, 11) is 1.95. The van der Waals surface area contributed by atoms with E-state index in [2.05, 4.69) is 34.8 Å². The van der Waals surface area contributed by atoms with Crippen LogP contribution in [0.1, 0.15) is 26.2 Å². The number of carbonyl (C=O) groups is 1. The molecule has 2 amide bonds. The highest BCUT2D eigenvalue weighted by atomic mass is 127. The van der Waals surface area contributed by atoms with Gasteiger partial charge >= 0.3 is 6.03 Å². The molecule has 3 N–H and O–H groups in total. The molecule has 5 heteroatoms. The first-order chi connectivity index (χ1) is 7.07. The summed E-state index contributed by atoms with van der Waals surface area (Å²) < 4.78 is 0.382. The number of nitrogens with zero attached hydrogens (tertiary/aromatic N) is 1. The summed E-state index contributed by atoms with van der Waals surface area (Å²) >= 11 is 2.38. The summed E-state index contributed by atoms with van der Waals surface area (Å²) in [6.07, 6.45) is 3.36. The third-order valence-electron chi connectivity index (χ3n) is 3.18. The smallest absolute Gasteiger partial charge is 0.315 e. The summed E-state index contributed by atoms with van der Waals surface area (Å²) in [6, 6.07) is 0.0249. The van der Waals surface area contributed by atoms with E-state index >= 15 is 0 Å². The number of nitrogens with one attached hydrogen (secondary N) is 1. The molecule has 1 saturated heterocycles. The Kier molecular flexibility index (Phi) is 5.11. The first-order valence-corrected chi connectivity index (χ1v) is 6.70. The fourth-order valence-electron chi connectivity index (χ4n) is 2.24. The molecule has 1 rings (SSSR count). The van der Waals surface area contributed by atoms with Crippen molar-refractivity contribution in [2.75, 3.05) is 13.6 Å². The van der Waals surface area contributed by atoms with Crippen molar-refractivity contribution in [2.45, 2.75) is 36.3 Å². The highest BCUT2D eigenvalue weighted by molar-refractivity contribution is 14.1. The van der Waals surface area contributed by atoms with Crippen LogP contribution in [0.5, 0.6) is 0 Å². The van der Waals surface area contributed by atoms with Crippen molar-refractivity contribution in [3.8, 4) is 0 Å². The number of carbonyl (C=O) groups excluding carboxylic acids is 1. The second-order valence-electron chi connectivity index (χ2n) is 4.14. The minimum atomic E-state index is -0.272. The first-order valence-electron chi connectivity index (χ1n) is 5.45. The Hall–Kier alpha value is -0.0400. The molecular weight excluding hydrogens is 305 g/mol. The van der Waals surface area contributed by atoms with Crippen LogP contribution in [0.3, 0.4) is 0 Å². The molecule has 15 heavy (non-hydrogen) atoms. The zero-order chi connectivity index (χ0) is 11.4. The summed E-state index contributed by atoms with van der Waals surface area (Å²) in [6.45, 7) is 3.00. The summed E-state index contributed by atoms with van der Waals surface area (Å²) in [5.41, 5.74) is 5.40. The molecule has 0 saturated carbocycles. The molecule has 0 aromatic carbocycles. The highest BCUT2D eigenvalue weighted by Gasteiger charge is 2.32. The summed E-state index contributed by atoms with van der Waals surface area (Å²) in [5.74, 6) is 0.434. The summed E-state index contributed by atoms with van der Waals surface area (Å²) in [4.78, 5) is 13.1. The van der Waals surface area contributed by atoms with E-state index in [0.29, 0.717) is 16.0 Å². The number of hydrogen-bond donors (Lipinski definition) is 2. The lowest BCUT2D eigenvalue weighted by Gasteiger charge is -2.39. The molecule has 0 bridgehead atoms. The van der Waals surface area contributed by atoms with Crippen LogP contribution in [-0.4, -0.2) is 34.6 Å². The Balaban J connectivity index is 2.67. The lowest BCUT2D eigenvalue weighted by Crippen LogP contribution is -2.52. The lowest BCUT2D eigenvalue weighted by molar-refractivity contribution is 0.127. The third-order valence-corrected chi connectivity index (χ3v) is 4.93. The molecule has 0 radical (unpaired) electrons. The van der Waals surface area contributed by atoms with Gasteiger partial charge in [-0.15, -0.1) is 0 Å². The van der Waals surface area contributed by atoms with E-state index in [1.54, 1.807) is 0 Å². The topological polar surface area (TPSA) is 58.4 Å². The molecule has 4 nitrogen and oxygen atoms in total. The predicted molar refractivity (Wildman–Crippen MR) is 70.0 cm³/mol. The predicted octanol–water partition coefficient (Wildman–Crippen LogP) is 1.54. The minimum absolute atomic E-state index is 0.272. The van der Waals surface area contributed by atoms with Gasteiger partial charge in [-0.05, 0) is 26.3 Å². The van der Waals surface area contributed by atoms with E-state index in [0.717, 1.165) is 19.4 Å². The van der Waals surface area contributed by atoms with Crippen LogP contribution >= 0.6 is 22.6 Å². The molecule has 1 aliphatic rings. The molecule has 0 aliphatic carbocycles. The SMILES string of the molecule is CN[C@@H](I)C(C)C1CCCCN1C(N)=O. The number of amides is 2. The second kappa shape index (κ2) is 5.89. The van der Waals surface area contributed by atoms with Crippen molar-refractivity contribution in [3.05, 3.63) is 0 Å². The molecule has 0 aromatic rings. The van der Waals surface area contributed by atoms with Gasteiger partial charge < -0.3 is 16.0 Å². The van der Waals surface area contributed by atoms with Gasteiger partial charge in [0.2, 0.25) is 0 Å². The number of halogens is 1. The zero-order valence-electron chi connectivity index (χ0n) is 9.37. The molecule has 1 aliphatic heterocycles. The highest BCUT2D eigenvalue weighted by Crippen LogP contribution is 2.27. The largest absolute Gasteiger partial charge is 0.351 e. The lowest BCUT2D eigenvalue weighted by atomic mass is 9.91. The van der Waals surface area contributed by atoms with Crippen LogP contribution in [-0.2, 0) is 0 Å². The Morgan fingerprint density at radius 1 is 1.60 bits per heavy atom. The molecule has 1 heterocycles. The Bertz CT molecular complexity index is 225. The minimum Gasteiger partial charge on any atom is -0.351 e. The zero-order valence-corrected chi connectivity index (χ0v) is 11.5. The van der Waals surface area contributed by atoms with Gasteiger partial charge in [0.15, 0.2) is 0 Å². The first kappa shape index (κ1) is 13.0. The molecule has 88 valence electrons. The van der Waals surface area contributed by atoms with Crippen molar-refractivity contribution >= 4 is 28.6 Å². The van der Waals surface area contributed by atoms with Gasteiger partial charge in [-0.3, -0.25) is 0 Å². The van der Waals surface area contributed by atoms with Crippen molar-refractivity contribution in [3.63, 3.8) is 0 Å². The quantitative estimate of drug-likeness (QED) is 0.470. The Morgan fingerprint density at radius 2 is 2.27 bits per heavy atom. The standard InChI is InChI=1S/C10H20IN3O/c1-7(9(11)13-2)8-5-3-4-6-14(8)10(12)15/h7-9,13H,3-6H2,1-2H3,(H2,12,15)/t7?,8?,9-/m1/s1. The van der Waals surface area contributed by atoms with Crippen LogP contribution in [0, 0.1) is 5.92 Å². The maximum atomic E-state index is 11.3. The number of piperidine rings is 1. The van der Waals surface area contributed by atoms with E-state index < -0.39 is 0 Å². The van der Waals surface area contributed by atoms with Crippen LogP contribution in [0.2, 0.25) is 0 Å². The van der Waals surface area contributed by atoms with Crippen molar-refractivity contribution in [1.29, 1.82) is 0 Å². The van der Waals surface area contributed by atoms with Crippen LogP contribution in [0.25, 0.3) is 0 Å². The number of urea groups is 1. The molecular formula is C10H20IN3O. The van der Waals surface area contributed by atoms with E-state index in [4.69, 9.17) is 5.73 Å². The average Bonchev–Trinajstić information content (AvgIpc) is 2.27. The van der Waals surface area contributed by atoms with Crippen LogP contribution in [0.4, 0.5) is 4.79 Å². The monoisotopic (exact) mass is 325 g/mol. The number of nitrogens with two attached hydrogens (primary N) is 1. The van der Waals surface area contributed by atoms with Crippen molar-refractivity contribution in [1.82, 2.24) is 10.2 Å². The maximum absolute atomic E-state index is 11.3. The fraction of sp³-hybridized carbons (Fsp3) is 0.900. The number of primary amides is 1. The Morgan fingerprint density at radius 3 is 2.80 bits per heavy atom. The van der Waals surface area contributed by atoms with Gasteiger partial charge in [0.1, 0.15) is 0 Å².